The summed E-state index contributed by atoms with van der Waals surface area (Å²) < 4.78 is 2.22. The summed E-state index contributed by atoms with van der Waals surface area (Å²) in [5.41, 5.74) is 8.24. The van der Waals surface area contributed by atoms with Crippen molar-refractivity contribution >= 4 is 0 Å². The zero-order valence-electron chi connectivity index (χ0n) is 8.87. The fraction of sp³-hybridized carbons (Fsp3) is 0.636. The van der Waals surface area contributed by atoms with E-state index in [9.17, 15) is 0 Å². The van der Waals surface area contributed by atoms with Gasteiger partial charge in [-0.2, -0.15) is 0 Å². The fourth-order valence-electron chi connectivity index (χ4n) is 2.13. The molecule has 0 aliphatic carbocycles. The van der Waals surface area contributed by atoms with E-state index in [2.05, 4.69) is 28.6 Å². The maximum Gasteiger partial charge on any atom is 0.0387 e. The normalized spacial score (nSPS) is 17.9. The Labute approximate surface area is 85.5 Å². The molecule has 1 aromatic rings. The highest BCUT2D eigenvalue weighted by atomic mass is 15.2. The molecule has 1 saturated heterocycles. The lowest BCUT2D eigenvalue weighted by atomic mass is 10.4. The minimum absolute atomic E-state index is 0.635. The molecule has 14 heavy (non-hydrogen) atoms. The molecule has 0 saturated carbocycles. The first-order chi connectivity index (χ1) is 6.81. The molecule has 1 aliphatic heterocycles. The summed E-state index contributed by atoms with van der Waals surface area (Å²) in [5, 5.41) is 0. The van der Waals surface area contributed by atoms with Crippen molar-refractivity contribution < 1.29 is 0 Å². The van der Waals surface area contributed by atoms with E-state index in [0.717, 1.165) is 6.54 Å². The Balaban J connectivity index is 2.04. The Kier molecular flexibility index (Phi) is 2.89. The minimum atomic E-state index is 0.635. The zero-order chi connectivity index (χ0) is 9.97. The van der Waals surface area contributed by atoms with Crippen LogP contribution >= 0.6 is 0 Å². The highest BCUT2D eigenvalue weighted by Gasteiger charge is 2.13. The van der Waals surface area contributed by atoms with Gasteiger partial charge in [0.25, 0.3) is 0 Å². The molecule has 1 aliphatic rings. The van der Waals surface area contributed by atoms with Crippen LogP contribution in [0.2, 0.25) is 0 Å². The molecule has 0 aromatic carbocycles. The number of likely N-dealkylation sites (tertiary alicyclic amines) is 1. The maximum atomic E-state index is 5.64. The van der Waals surface area contributed by atoms with Crippen LogP contribution in [0.25, 0.3) is 0 Å². The van der Waals surface area contributed by atoms with Gasteiger partial charge in [0.05, 0.1) is 0 Å². The summed E-state index contributed by atoms with van der Waals surface area (Å²) in [6.07, 6.45) is 2.71. The van der Waals surface area contributed by atoms with Gasteiger partial charge < -0.3 is 10.3 Å². The van der Waals surface area contributed by atoms with Gasteiger partial charge in [-0.05, 0) is 38.1 Å². The molecule has 3 heteroatoms. The molecule has 3 nitrogen and oxygen atoms in total. The van der Waals surface area contributed by atoms with Crippen molar-refractivity contribution in [1.82, 2.24) is 9.47 Å². The molecule has 2 rings (SSSR count). The summed E-state index contributed by atoms with van der Waals surface area (Å²) in [6.45, 7) is 4.22. The van der Waals surface area contributed by atoms with Crippen LogP contribution in [0.1, 0.15) is 24.2 Å². The highest BCUT2D eigenvalue weighted by Crippen LogP contribution is 2.14. The number of aromatic nitrogens is 1. The van der Waals surface area contributed by atoms with Crippen molar-refractivity contribution in [2.24, 2.45) is 12.8 Å². The monoisotopic (exact) mass is 193 g/mol. The Hall–Kier alpha value is -0.800. The van der Waals surface area contributed by atoms with Gasteiger partial charge in [-0.25, -0.2) is 0 Å². The smallest absolute Gasteiger partial charge is 0.0387 e. The fourth-order valence-corrected chi connectivity index (χ4v) is 2.13. The Morgan fingerprint density at radius 1 is 1.21 bits per heavy atom. The van der Waals surface area contributed by atoms with Gasteiger partial charge in [0.2, 0.25) is 0 Å². The predicted octanol–water partition coefficient (Wildman–Crippen LogP) is 1.08. The molecule has 2 N–H and O–H groups in total. The topological polar surface area (TPSA) is 34.2 Å². The molecule has 78 valence electrons. The number of hydrogen-bond donors (Lipinski definition) is 1. The molecule has 0 bridgehead atoms. The molecular formula is C11H19N3. The molecular weight excluding hydrogens is 174 g/mol. The van der Waals surface area contributed by atoms with Crippen LogP contribution in [0, 0.1) is 0 Å². The summed E-state index contributed by atoms with van der Waals surface area (Å²) >= 11 is 0. The molecule has 1 fully saturated rings. The number of nitrogens with zero attached hydrogens (tertiary/aromatic N) is 2. The maximum absolute atomic E-state index is 5.64. The first-order valence-corrected chi connectivity index (χ1v) is 5.37. The zero-order valence-corrected chi connectivity index (χ0v) is 8.87. The van der Waals surface area contributed by atoms with Gasteiger partial charge in [0.1, 0.15) is 0 Å². The van der Waals surface area contributed by atoms with Crippen LogP contribution in [0.3, 0.4) is 0 Å². The molecule has 0 amide bonds. The van der Waals surface area contributed by atoms with Gasteiger partial charge >= 0.3 is 0 Å². The molecule has 2 heterocycles. The van der Waals surface area contributed by atoms with Crippen LogP contribution in [0.4, 0.5) is 0 Å². The number of nitrogens with two attached hydrogens (primary N) is 1. The lowest BCUT2D eigenvalue weighted by molar-refractivity contribution is 0.323. The number of hydrogen-bond acceptors (Lipinski definition) is 2. The van der Waals surface area contributed by atoms with Gasteiger partial charge in [0, 0.05) is 31.5 Å². The van der Waals surface area contributed by atoms with E-state index in [1.807, 2.05) is 0 Å². The van der Waals surface area contributed by atoms with Crippen molar-refractivity contribution in [1.29, 1.82) is 0 Å². The van der Waals surface area contributed by atoms with E-state index < -0.39 is 0 Å². The highest BCUT2D eigenvalue weighted by molar-refractivity contribution is 5.15. The molecule has 1 aromatic heterocycles. The van der Waals surface area contributed by atoms with E-state index in [-0.39, 0.29) is 0 Å². The van der Waals surface area contributed by atoms with Crippen molar-refractivity contribution in [3.05, 3.63) is 23.5 Å². The standard InChI is InChI=1S/C11H19N3/c1-13-10(8-12)4-5-11(13)9-14-6-2-3-7-14/h4-5H,2-3,6-9,12H2,1H3. The van der Waals surface area contributed by atoms with E-state index >= 15 is 0 Å². The van der Waals surface area contributed by atoms with Crippen LogP contribution in [-0.2, 0) is 20.1 Å². The molecule has 0 unspecified atom stereocenters. The van der Waals surface area contributed by atoms with Gasteiger partial charge in [-0.15, -0.1) is 0 Å². The second-order valence-electron chi connectivity index (χ2n) is 4.06. The predicted molar refractivity (Wildman–Crippen MR) is 57.8 cm³/mol. The first kappa shape index (κ1) is 9.74. The quantitative estimate of drug-likeness (QED) is 0.779. The third-order valence-corrected chi connectivity index (χ3v) is 3.12. The molecule has 0 radical (unpaired) electrons. The van der Waals surface area contributed by atoms with Crippen molar-refractivity contribution in [3.63, 3.8) is 0 Å². The van der Waals surface area contributed by atoms with Gasteiger partial charge in [0.15, 0.2) is 0 Å². The van der Waals surface area contributed by atoms with Crippen LogP contribution in [0.5, 0.6) is 0 Å². The van der Waals surface area contributed by atoms with Crippen molar-refractivity contribution in [2.45, 2.75) is 25.9 Å². The van der Waals surface area contributed by atoms with Crippen LogP contribution < -0.4 is 5.73 Å². The third-order valence-electron chi connectivity index (χ3n) is 3.12. The second-order valence-corrected chi connectivity index (χ2v) is 4.06. The average molecular weight is 193 g/mol. The van der Waals surface area contributed by atoms with Gasteiger partial charge in [-0.1, -0.05) is 0 Å². The summed E-state index contributed by atoms with van der Waals surface area (Å²) in [7, 11) is 2.10. The molecule has 0 atom stereocenters. The van der Waals surface area contributed by atoms with Crippen LogP contribution in [0.15, 0.2) is 12.1 Å². The van der Waals surface area contributed by atoms with E-state index in [1.165, 1.54) is 37.3 Å². The average Bonchev–Trinajstić information content (AvgIpc) is 2.79. The molecule has 0 spiro atoms. The lowest BCUT2D eigenvalue weighted by Gasteiger charge is -2.15. The summed E-state index contributed by atoms with van der Waals surface area (Å²) in [6, 6.07) is 4.33. The summed E-state index contributed by atoms with van der Waals surface area (Å²) in [5.74, 6) is 0. The van der Waals surface area contributed by atoms with E-state index in [4.69, 9.17) is 5.73 Å². The Morgan fingerprint density at radius 3 is 2.43 bits per heavy atom. The third kappa shape index (κ3) is 1.83. The van der Waals surface area contributed by atoms with Gasteiger partial charge in [-0.3, -0.25) is 4.90 Å². The first-order valence-electron chi connectivity index (χ1n) is 5.37. The van der Waals surface area contributed by atoms with Crippen LogP contribution in [-0.4, -0.2) is 22.6 Å². The van der Waals surface area contributed by atoms with Crippen molar-refractivity contribution in [2.75, 3.05) is 13.1 Å². The largest absolute Gasteiger partial charge is 0.349 e. The lowest BCUT2D eigenvalue weighted by Crippen LogP contribution is -2.20. The minimum Gasteiger partial charge on any atom is -0.349 e. The SMILES string of the molecule is Cn1c(CN)ccc1CN1CCCC1. The Morgan fingerprint density at radius 2 is 1.86 bits per heavy atom. The Bertz CT molecular complexity index is 297. The van der Waals surface area contributed by atoms with E-state index in [0.29, 0.717) is 6.54 Å². The van der Waals surface area contributed by atoms with E-state index in [1.54, 1.807) is 0 Å². The van der Waals surface area contributed by atoms with Crippen molar-refractivity contribution in [3.8, 4) is 0 Å². The summed E-state index contributed by atoms with van der Waals surface area (Å²) in [4.78, 5) is 2.51. The number of rotatable bonds is 3. The second kappa shape index (κ2) is 4.15.